The second kappa shape index (κ2) is 72.5. The summed E-state index contributed by atoms with van der Waals surface area (Å²) in [4.78, 5) is 72.8. The van der Waals surface area contributed by atoms with Crippen molar-refractivity contribution in [1.82, 2.24) is 0 Å². The molecule has 0 aromatic rings. The molecule has 0 aromatic heterocycles. The molecule has 0 aliphatic carbocycles. The van der Waals surface area contributed by atoms with E-state index in [1.54, 1.807) is 0 Å². The Labute approximate surface area is 605 Å². The van der Waals surface area contributed by atoms with Gasteiger partial charge in [-0.1, -0.05) is 277 Å². The lowest BCUT2D eigenvalue weighted by Gasteiger charge is -2.21. The molecular formula is C81H136O17P2. The number of carbonyl (C=O) groups excluding carboxylic acids is 4. The van der Waals surface area contributed by atoms with Gasteiger partial charge in [0.25, 0.3) is 0 Å². The van der Waals surface area contributed by atoms with Crippen LogP contribution in [0.15, 0.2) is 134 Å². The van der Waals surface area contributed by atoms with Crippen LogP contribution in [0.1, 0.15) is 297 Å². The second-order valence-electron chi connectivity index (χ2n) is 25.2. The van der Waals surface area contributed by atoms with Crippen LogP contribution in [0.3, 0.4) is 0 Å². The fourth-order valence-corrected chi connectivity index (χ4v) is 11.4. The predicted molar refractivity (Wildman–Crippen MR) is 408 cm³/mol. The van der Waals surface area contributed by atoms with Crippen molar-refractivity contribution in [3.8, 4) is 0 Å². The molecule has 3 N–H and O–H groups in total. The van der Waals surface area contributed by atoms with Crippen molar-refractivity contribution in [1.29, 1.82) is 0 Å². The Hall–Kier alpha value is -4.80. The van der Waals surface area contributed by atoms with E-state index in [0.29, 0.717) is 32.1 Å². The molecule has 5 atom stereocenters. The van der Waals surface area contributed by atoms with E-state index in [-0.39, 0.29) is 25.7 Å². The second-order valence-corrected chi connectivity index (χ2v) is 28.1. The van der Waals surface area contributed by atoms with E-state index in [2.05, 4.69) is 149 Å². The molecule has 0 spiro atoms. The Kier molecular flexibility index (Phi) is 69.1. The summed E-state index contributed by atoms with van der Waals surface area (Å²) >= 11 is 0. The third kappa shape index (κ3) is 71.6. The summed E-state index contributed by atoms with van der Waals surface area (Å²) in [6, 6.07) is 0. The van der Waals surface area contributed by atoms with Crippen LogP contribution in [0.4, 0.5) is 0 Å². The zero-order valence-electron chi connectivity index (χ0n) is 62.3. The Morgan fingerprint density at radius 1 is 0.290 bits per heavy atom. The Balaban J connectivity index is 5.39. The molecule has 0 heterocycles. The molecule has 0 saturated heterocycles. The minimum absolute atomic E-state index is 0.0691. The number of esters is 4. The van der Waals surface area contributed by atoms with Gasteiger partial charge in [-0.25, -0.2) is 9.13 Å². The van der Waals surface area contributed by atoms with Gasteiger partial charge in [0.1, 0.15) is 19.3 Å². The molecule has 17 nitrogen and oxygen atoms in total. The summed E-state index contributed by atoms with van der Waals surface area (Å²) < 4.78 is 68.4. The van der Waals surface area contributed by atoms with Gasteiger partial charge < -0.3 is 33.8 Å². The van der Waals surface area contributed by atoms with E-state index in [9.17, 15) is 43.2 Å². The van der Waals surface area contributed by atoms with E-state index in [0.717, 1.165) is 148 Å². The lowest BCUT2D eigenvalue weighted by atomic mass is 10.0. The topological polar surface area (TPSA) is 237 Å². The number of unbranched alkanes of at least 4 members (excludes halogenated alkanes) is 23. The SMILES string of the molecule is CC/C=C\C/C=C\C/C=C\C/C=C\C/C=C\CCCCCC(=O)OCC(COP(=O)(O)OCC(O)COP(=O)(O)OCC(COC(=O)CCC/C=C\C/C=C\C/C=C\C/C=C\C/C=C\CC)OC(=O)CCCCCCC/C=C\CCCC)OC(=O)CCCCCCCCCCCCCCC. The highest BCUT2D eigenvalue weighted by molar-refractivity contribution is 7.47. The molecule has 5 unspecified atom stereocenters. The first-order valence-corrected chi connectivity index (χ1v) is 41.4. The van der Waals surface area contributed by atoms with Crippen molar-refractivity contribution < 1.29 is 80.2 Å². The van der Waals surface area contributed by atoms with Crippen LogP contribution in [-0.2, 0) is 65.4 Å². The maximum absolute atomic E-state index is 13.1. The maximum atomic E-state index is 13.1. The Bertz CT molecular complexity index is 2420. The summed E-state index contributed by atoms with van der Waals surface area (Å²) in [5, 5.41) is 10.6. The van der Waals surface area contributed by atoms with Gasteiger partial charge in [0.15, 0.2) is 12.2 Å². The van der Waals surface area contributed by atoms with Gasteiger partial charge >= 0.3 is 39.5 Å². The number of phosphoric ester groups is 2. The average Bonchev–Trinajstić information content (AvgIpc) is 0.940. The molecular weight excluding hydrogens is 1310 g/mol. The van der Waals surface area contributed by atoms with Gasteiger partial charge in [0.2, 0.25) is 0 Å². The van der Waals surface area contributed by atoms with Crippen LogP contribution >= 0.6 is 15.6 Å². The van der Waals surface area contributed by atoms with Crippen molar-refractivity contribution in [2.75, 3.05) is 39.6 Å². The lowest BCUT2D eigenvalue weighted by Crippen LogP contribution is -2.30. The van der Waals surface area contributed by atoms with Crippen molar-refractivity contribution in [2.24, 2.45) is 0 Å². The molecule has 0 fully saturated rings. The van der Waals surface area contributed by atoms with Crippen molar-refractivity contribution in [3.05, 3.63) is 134 Å². The molecule has 0 rings (SSSR count). The van der Waals surface area contributed by atoms with Crippen LogP contribution in [0.5, 0.6) is 0 Å². The van der Waals surface area contributed by atoms with Crippen LogP contribution in [0.2, 0.25) is 0 Å². The molecule has 0 aliphatic heterocycles. The lowest BCUT2D eigenvalue weighted by molar-refractivity contribution is -0.161. The third-order valence-electron chi connectivity index (χ3n) is 15.6. The number of ether oxygens (including phenoxy) is 4. The fraction of sp³-hybridized carbons (Fsp3) is 0.679. The van der Waals surface area contributed by atoms with E-state index in [1.165, 1.54) is 64.2 Å². The van der Waals surface area contributed by atoms with Crippen molar-refractivity contribution in [3.63, 3.8) is 0 Å². The standard InChI is InChI=1S/C81H136O17P2/c1-5-9-13-17-21-25-29-32-34-36-37-39-41-44-47-50-54-58-62-66-79(84)92-72-77(98-81(86)68-64-60-56-52-48-42-31-27-23-19-15-11-7-3)74-96-100(89,90)94-70-75(82)69-93-99(87,88)95-73-76(97-80(85)67-63-59-55-51-45-28-24-20-16-12-8-4)71-91-78(83)65-61-57-53-49-46-43-40-38-35-33-30-26-22-18-14-10-6-2/h9-10,13-14,20-22,24-26,32-35,37,39-40,43-44,47,49,53,75-77,82H,5-8,11-12,15-19,23,27-31,36,38,41-42,45-46,48,50-52,54-74H2,1-4H3,(H,87,88)(H,89,90)/b13-9-,14-10-,24-20-,25-21-,26-22-,34-32-,35-33-,39-37-,43-40-,47-44-,53-49-. The molecule has 100 heavy (non-hydrogen) atoms. The molecule has 0 aromatic carbocycles. The van der Waals surface area contributed by atoms with Crippen LogP contribution in [0, 0.1) is 0 Å². The smallest absolute Gasteiger partial charge is 0.462 e. The van der Waals surface area contributed by atoms with Crippen LogP contribution in [-0.4, -0.2) is 96.7 Å². The number of rotatable bonds is 71. The predicted octanol–water partition coefficient (Wildman–Crippen LogP) is 22.1. The van der Waals surface area contributed by atoms with E-state index >= 15 is 0 Å². The van der Waals surface area contributed by atoms with Gasteiger partial charge in [-0.05, 0) is 128 Å². The summed E-state index contributed by atoms with van der Waals surface area (Å²) in [6.45, 7) is 4.49. The van der Waals surface area contributed by atoms with Crippen molar-refractivity contribution in [2.45, 2.75) is 316 Å². The van der Waals surface area contributed by atoms with Gasteiger partial charge in [0, 0.05) is 25.7 Å². The van der Waals surface area contributed by atoms with Crippen LogP contribution < -0.4 is 0 Å². The normalized spacial score (nSPS) is 14.7. The number of hydrogen-bond acceptors (Lipinski definition) is 15. The third-order valence-corrected chi connectivity index (χ3v) is 17.5. The average molecular weight is 1440 g/mol. The Morgan fingerprint density at radius 2 is 0.540 bits per heavy atom. The first-order valence-electron chi connectivity index (χ1n) is 38.4. The molecule has 0 aliphatic rings. The van der Waals surface area contributed by atoms with Crippen LogP contribution in [0.25, 0.3) is 0 Å². The number of carbonyl (C=O) groups is 4. The molecule has 0 bridgehead atoms. The first kappa shape index (κ1) is 95.2. The van der Waals surface area contributed by atoms with E-state index in [4.69, 9.17) is 37.0 Å². The highest BCUT2D eigenvalue weighted by Gasteiger charge is 2.30. The summed E-state index contributed by atoms with van der Waals surface area (Å²) in [6.07, 6.45) is 80.3. The molecule has 0 amide bonds. The highest BCUT2D eigenvalue weighted by Crippen LogP contribution is 2.45. The molecule has 0 saturated carbocycles. The first-order chi connectivity index (χ1) is 48.7. The molecule has 19 heteroatoms. The minimum atomic E-state index is -4.99. The monoisotopic (exact) mass is 1440 g/mol. The largest absolute Gasteiger partial charge is 0.472 e. The highest BCUT2D eigenvalue weighted by atomic mass is 31.2. The van der Waals surface area contributed by atoms with E-state index in [1.807, 2.05) is 12.2 Å². The number of aliphatic hydroxyl groups excluding tert-OH is 1. The summed E-state index contributed by atoms with van der Waals surface area (Å²) in [5.74, 6) is -2.29. The fourth-order valence-electron chi connectivity index (χ4n) is 9.79. The number of allylic oxidation sites excluding steroid dienone is 22. The Morgan fingerprint density at radius 3 is 0.890 bits per heavy atom. The van der Waals surface area contributed by atoms with Crippen molar-refractivity contribution >= 4 is 39.5 Å². The minimum Gasteiger partial charge on any atom is -0.462 e. The van der Waals surface area contributed by atoms with Gasteiger partial charge in [-0.3, -0.25) is 37.3 Å². The summed E-state index contributed by atoms with van der Waals surface area (Å²) in [5.41, 5.74) is 0. The zero-order valence-corrected chi connectivity index (χ0v) is 64.1. The molecule has 0 radical (unpaired) electrons. The zero-order chi connectivity index (χ0) is 73.2. The van der Waals surface area contributed by atoms with Gasteiger partial charge in [-0.15, -0.1) is 0 Å². The number of phosphoric acid groups is 2. The quantitative estimate of drug-likeness (QED) is 0.0169. The van der Waals surface area contributed by atoms with Gasteiger partial charge in [0.05, 0.1) is 26.4 Å². The maximum Gasteiger partial charge on any atom is 0.472 e. The number of hydrogen-bond donors (Lipinski definition) is 3. The molecule has 572 valence electrons. The summed E-state index contributed by atoms with van der Waals surface area (Å²) in [7, 11) is -9.98. The van der Waals surface area contributed by atoms with E-state index < -0.39 is 97.5 Å². The number of aliphatic hydroxyl groups is 1. The van der Waals surface area contributed by atoms with Gasteiger partial charge in [-0.2, -0.15) is 0 Å².